The van der Waals surface area contributed by atoms with Gasteiger partial charge in [0.1, 0.15) is 24.0 Å². The molecular formula is C26H17F3N6O2S. The predicted molar refractivity (Wildman–Crippen MR) is 136 cm³/mol. The Morgan fingerprint density at radius 1 is 1.03 bits per heavy atom. The second kappa shape index (κ2) is 11.6. The van der Waals surface area contributed by atoms with Crippen molar-refractivity contribution >= 4 is 17.4 Å². The lowest BCUT2D eigenvalue weighted by Crippen LogP contribution is -2.14. The van der Waals surface area contributed by atoms with Gasteiger partial charge in [-0.1, -0.05) is 53.3 Å². The van der Waals surface area contributed by atoms with Gasteiger partial charge in [0.25, 0.3) is 5.56 Å². The number of hydrogen-bond donors (Lipinski definition) is 1. The molecule has 1 aromatic heterocycles. The second-order valence-corrected chi connectivity index (χ2v) is 8.82. The van der Waals surface area contributed by atoms with Gasteiger partial charge in [-0.15, -0.1) is 0 Å². The van der Waals surface area contributed by atoms with E-state index in [0.717, 1.165) is 17.7 Å². The standard InChI is InChI=1S/C26H17F3N6O2S/c27-26(28,29)19-7-1-16(2-8-19)14-37-21-11-5-18(6-12-21)23-22(13-30)24(36)33-25(32-23)38-15-17-3-9-20(10-4-17)34-35-31/h1-12H,14-15H2,(H,32,33,36). The molecule has 1 N–H and O–H groups in total. The molecule has 0 saturated heterocycles. The second-order valence-electron chi connectivity index (χ2n) is 7.86. The Kier molecular flexibility index (Phi) is 8.01. The number of thioether (sulfide) groups is 1. The minimum atomic E-state index is -4.40. The van der Waals surface area contributed by atoms with Crippen LogP contribution in [0.15, 0.2) is 87.9 Å². The Labute approximate surface area is 218 Å². The Morgan fingerprint density at radius 2 is 1.68 bits per heavy atom. The maximum absolute atomic E-state index is 12.7. The molecule has 8 nitrogen and oxygen atoms in total. The first-order valence-corrected chi connectivity index (χ1v) is 12.0. The van der Waals surface area contributed by atoms with E-state index in [1.54, 1.807) is 48.5 Å². The predicted octanol–water partition coefficient (Wildman–Crippen LogP) is 7.14. The van der Waals surface area contributed by atoms with Crippen LogP contribution in [-0.2, 0) is 18.5 Å². The van der Waals surface area contributed by atoms with Crippen molar-refractivity contribution in [3.05, 3.63) is 116 Å². The van der Waals surface area contributed by atoms with Crippen LogP contribution < -0.4 is 10.3 Å². The number of ether oxygens (including phenoxy) is 1. The quantitative estimate of drug-likeness (QED) is 0.0845. The molecule has 38 heavy (non-hydrogen) atoms. The van der Waals surface area contributed by atoms with Gasteiger partial charge >= 0.3 is 6.18 Å². The van der Waals surface area contributed by atoms with Crippen molar-refractivity contribution in [3.63, 3.8) is 0 Å². The molecule has 4 aromatic rings. The van der Waals surface area contributed by atoms with Crippen LogP contribution in [0.1, 0.15) is 22.3 Å². The van der Waals surface area contributed by atoms with Crippen LogP contribution in [0.4, 0.5) is 18.9 Å². The molecule has 3 aromatic carbocycles. The highest BCUT2D eigenvalue weighted by Gasteiger charge is 2.29. The summed E-state index contributed by atoms with van der Waals surface area (Å²) in [7, 11) is 0. The van der Waals surface area contributed by atoms with E-state index in [4.69, 9.17) is 10.3 Å². The molecule has 0 atom stereocenters. The van der Waals surface area contributed by atoms with Crippen LogP contribution in [0.3, 0.4) is 0 Å². The number of alkyl halides is 3. The minimum absolute atomic E-state index is 0.0643. The summed E-state index contributed by atoms with van der Waals surface area (Å²) in [5, 5.41) is 13.4. The van der Waals surface area contributed by atoms with Crippen LogP contribution in [0.2, 0.25) is 0 Å². The maximum Gasteiger partial charge on any atom is 0.416 e. The van der Waals surface area contributed by atoms with Gasteiger partial charge in [0.15, 0.2) is 5.16 Å². The highest BCUT2D eigenvalue weighted by atomic mass is 32.2. The Morgan fingerprint density at radius 3 is 2.29 bits per heavy atom. The van der Waals surface area contributed by atoms with Crippen molar-refractivity contribution in [2.45, 2.75) is 23.7 Å². The van der Waals surface area contributed by atoms with Crippen molar-refractivity contribution in [1.29, 1.82) is 5.26 Å². The van der Waals surface area contributed by atoms with Crippen molar-refractivity contribution in [1.82, 2.24) is 9.97 Å². The average Bonchev–Trinajstić information content (AvgIpc) is 2.91. The van der Waals surface area contributed by atoms with Gasteiger partial charge in [-0.05, 0) is 53.1 Å². The molecule has 4 rings (SSSR count). The Balaban J connectivity index is 1.47. The lowest BCUT2D eigenvalue weighted by Gasteiger charge is -2.10. The fraction of sp³-hybridized carbons (Fsp3) is 0.115. The van der Waals surface area contributed by atoms with E-state index in [0.29, 0.717) is 33.5 Å². The minimum Gasteiger partial charge on any atom is -0.489 e. The van der Waals surface area contributed by atoms with Gasteiger partial charge in [-0.3, -0.25) is 4.79 Å². The lowest BCUT2D eigenvalue weighted by molar-refractivity contribution is -0.137. The van der Waals surface area contributed by atoms with Gasteiger partial charge in [-0.2, -0.15) is 18.4 Å². The van der Waals surface area contributed by atoms with Gasteiger partial charge < -0.3 is 9.72 Å². The van der Waals surface area contributed by atoms with Crippen LogP contribution in [-0.4, -0.2) is 9.97 Å². The number of hydrogen-bond acceptors (Lipinski definition) is 6. The van der Waals surface area contributed by atoms with Gasteiger partial charge in [-0.25, -0.2) is 4.98 Å². The molecular weight excluding hydrogens is 517 g/mol. The van der Waals surface area contributed by atoms with Crippen molar-refractivity contribution in [2.75, 3.05) is 0 Å². The third kappa shape index (κ3) is 6.53. The number of rotatable bonds is 8. The Hall–Kier alpha value is -4.72. The molecule has 0 saturated carbocycles. The maximum atomic E-state index is 12.7. The van der Waals surface area contributed by atoms with E-state index < -0.39 is 17.3 Å². The third-order valence-electron chi connectivity index (χ3n) is 5.30. The van der Waals surface area contributed by atoms with Gasteiger partial charge in [0.2, 0.25) is 0 Å². The first-order valence-electron chi connectivity index (χ1n) is 11.0. The molecule has 0 bridgehead atoms. The van der Waals surface area contributed by atoms with Gasteiger partial charge in [0, 0.05) is 21.9 Å². The van der Waals surface area contributed by atoms with E-state index >= 15 is 0 Å². The summed E-state index contributed by atoms with van der Waals surface area (Å²) in [6.45, 7) is 0.0643. The van der Waals surface area contributed by atoms with Crippen molar-refractivity contribution < 1.29 is 17.9 Å². The van der Waals surface area contributed by atoms with Crippen molar-refractivity contribution in [2.24, 2.45) is 5.11 Å². The topological polar surface area (TPSA) is 128 Å². The molecule has 0 amide bonds. The first-order chi connectivity index (χ1) is 18.3. The van der Waals surface area contributed by atoms with E-state index in [-0.39, 0.29) is 17.9 Å². The number of benzene rings is 3. The number of aromatic amines is 1. The molecule has 0 spiro atoms. The number of nitrogens with zero attached hydrogens (tertiary/aromatic N) is 5. The summed E-state index contributed by atoms with van der Waals surface area (Å²) in [6, 6.07) is 20.1. The molecule has 0 unspecified atom stereocenters. The fourth-order valence-electron chi connectivity index (χ4n) is 3.36. The summed E-state index contributed by atoms with van der Waals surface area (Å²) in [6.07, 6.45) is -4.40. The highest BCUT2D eigenvalue weighted by Crippen LogP contribution is 2.30. The zero-order chi connectivity index (χ0) is 27.1. The monoisotopic (exact) mass is 534 g/mol. The summed E-state index contributed by atoms with van der Waals surface area (Å²) in [5.41, 5.74) is 9.77. The van der Waals surface area contributed by atoms with Crippen LogP contribution >= 0.6 is 11.8 Å². The molecule has 190 valence electrons. The van der Waals surface area contributed by atoms with Crippen LogP contribution in [0.5, 0.6) is 5.75 Å². The van der Waals surface area contributed by atoms with E-state index in [1.807, 2.05) is 6.07 Å². The zero-order valence-corrected chi connectivity index (χ0v) is 20.3. The fourth-order valence-corrected chi connectivity index (χ4v) is 4.18. The van der Waals surface area contributed by atoms with E-state index in [1.165, 1.54) is 23.9 Å². The SMILES string of the molecule is N#Cc1c(-c2ccc(OCc3ccc(C(F)(F)F)cc3)cc2)nc(SCc2ccc(N=[N+]=[N-])cc2)[nH]c1=O. The van der Waals surface area contributed by atoms with E-state index in [2.05, 4.69) is 20.0 Å². The van der Waals surface area contributed by atoms with E-state index in [9.17, 15) is 23.2 Å². The lowest BCUT2D eigenvalue weighted by atomic mass is 10.1. The molecule has 12 heteroatoms. The smallest absolute Gasteiger partial charge is 0.416 e. The number of H-pyrrole nitrogens is 1. The molecule has 1 heterocycles. The molecule has 0 radical (unpaired) electrons. The summed E-state index contributed by atoms with van der Waals surface area (Å²) >= 11 is 1.27. The largest absolute Gasteiger partial charge is 0.489 e. The number of nitriles is 1. The third-order valence-corrected chi connectivity index (χ3v) is 6.24. The summed E-state index contributed by atoms with van der Waals surface area (Å²) in [5.74, 6) is 0.928. The molecule has 0 aliphatic carbocycles. The molecule has 0 aliphatic rings. The van der Waals surface area contributed by atoms with Crippen LogP contribution in [0, 0.1) is 11.3 Å². The summed E-state index contributed by atoms with van der Waals surface area (Å²) in [4.78, 5) is 22.4. The Bertz CT molecular complexity index is 1570. The normalized spacial score (nSPS) is 10.9. The number of aromatic nitrogens is 2. The summed E-state index contributed by atoms with van der Waals surface area (Å²) < 4.78 is 43.8. The zero-order valence-electron chi connectivity index (χ0n) is 19.4. The molecule has 0 aliphatic heterocycles. The van der Waals surface area contributed by atoms with Crippen molar-refractivity contribution in [3.8, 4) is 23.1 Å². The molecule has 0 fully saturated rings. The first kappa shape index (κ1) is 26.3. The number of halogens is 3. The highest BCUT2D eigenvalue weighted by molar-refractivity contribution is 7.98. The van der Waals surface area contributed by atoms with Gasteiger partial charge in [0.05, 0.1) is 11.3 Å². The number of nitrogens with one attached hydrogen (secondary N) is 1. The number of azide groups is 1. The average molecular weight is 535 g/mol. The van der Waals surface area contributed by atoms with Crippen LogP contribution in [0.25, 0.3) is 21.7 Å².